The van der Waals surface area contributed by atoms with Crippen molar-refractivity contribution in [2.75, 3.05) is 7.11 Å². The molecule has 2 aromatic rings. The van der Waals surface area contributed by atoms with E-state index in [2.05, 4.69) is 0 Å². The lowest BCUT2D eigenvalue weighted by Crippen LogP contribution is -2.47. The van der Waals surface area contributed by atoms with Gasteiger partial charge in [-0.25, -0.2) is 4.79 Å². The molecule has 0 amide bonds. The van der Waals surface area contributed by atoms with Gasteiger partial charge in [-0.2, -0.15) is 18.4 Å². The average molecular weight is 455 g/mol. The molecule has 1 aromatic carbocycles. The van der Waals surface area contributed by atoms with Crippen LogP contribution < -0.4 is 10.3 Å². The van der Waals surface area contributed by atoms with Gasteiger partial charge in [0.2, 0.25) is 0 Å². The van der Waals surface area contributed by atoms with Crippen molar-refractivity contribution in [2.24, 2.45) is 5.41 Å². The topological polar surface area (TPSA) is 92.3 Å². The number of alkyl halides is 3. The molecule has 0 saturated heterocycles. The molecule has 1 aromatic heterocycles. The second-order valence-electron chi connectivity index (χ2n) is 7.49. The van der Waals surface area contributed by atoms with Crippen molar-refractivity contribution in [2.45, 2.75) is 37.9 Å². The number of carboxylic acid groups (broad SMARTS) is 1. The monoisotopic (exact) mass is 454 g/mol. The van der Waals surface area contributed by atoms with Gasteiger partial charge in [0.05, 0.1) is 30.4 Å². The van der Waals surface area contributed by atoms with Crippen LogP contribution in [0.3, 0.4) is 0 Å². The molecule has 1 heterocycles. The number of methoxy groups -OCH3 is 1. The van der Waals surface area contributed by atoms with Crippen molar-refractivity contribution >= 4 is 17.6 Å². The van der Waals surface area contributed by atoms with Gasteiger partial charge in [0.1, 0.15) is 11.8 Å². The van der Waals surface area contributed by atoms with Crippen LogP contribution in [0.1, 0.15) is 37.3 Å². The number of aromatic nitrogens is 1. The van der Waals surface area contributed by atoms with Crippen LogP contribution in [0.2, 0.25) is 5.02 Å². The first kappa shape index (κ1) is 22.7. The van der Waals surface area contributed by atoms with Gasteiger partial charge in [-0.3, -0.25) is 9.36 Å². The lowest BCUT2D eigenvalue weighted by molar-refractivity contribution is -0.256. The molecule has 164 valence electrons. The van der Waals surface area contributed by atoms with E-state index in [0.29, 0.717) is 11.4 Å². The lowest BCUT2D eigenvalue weighted by atomic mass is 9.64. The Kier molecular flexibility index (Phi) is 6.05. The van der Waals surface area contributed by atoms with Crippen LogP contribution in [0.25, 0.3) is 11.1 Å². The van der Waals surface area contributed by atoms with E-state index in [-0.39, 0.29) is 35.3 Å². The van der Waals surface area contributed by atoms with E-state index in [0.717, 1.165) is 16.8 Å². The van der Waals surface area contributed by atoms with Crippen molar-refractivity contribution in [3.63, 3.8) is 0 Å². The molecule has 6 nitrogen and oxygen atoms in total. The van der Waals surface area contributed by atoms with Crippen molar-refractivity contribution in [1.29, 1.82) is 5.26 Å². The van der Waals surface area contributed by atoms with Crippen LogP contribution in [-0.4, -0.2) is 28.9 Å². The summed E-state index contributed by atoms with van der Waals surface area (Å²) in [6.45, 7) is 0. The fourth-order valence-corrected chi connectivity index (χ4v) is 4.04. The summed E-state index contributed by atoms with van der Waals surface area (Å²) in [6, 6.07) is 5.67. The van der Waals surface area contributed by atoms with E-state index in [1.165, 1.54) is 25.3 Å². The predicted molar refractivity (Wildman–Crippen MR) is 106 cm³/mol. The van der Waals surface area contributed by atoms with Gasteiger partial charge in [-0.15, -0.1) is 0 Å². The van der Waals surface area contributed by atoms with Crippen LogP contribution in [-0.2, 0) is 4.79 Å². The van der Waals surface area contributed by atoms with Gasteiger partial charge in [-0.05, 0) is 37.5 Å². The molecule has 31 heavy (non-hydrogen) atoms. The molecular formula is C21H18ClF3N2O4. The molecule has 10 heteroatoms. The molecule has 1 aliphatic carbocycles. The lowest BCUT2D eigenvalue weighted by Gasteiger charge is -2.44. The largest absolute Gasteiger partial charge is 0.495 e. The van der Waals surface area contributed by atoms with Gasteiger partial charge in [0.15, 0.2) is 0 Å². The number of nitriles is 1. The van der Waals surface area contributed by atoms with Gasteiger partial charge >= 0.3 is 12.1 Å². The molecule has 0 spiro atoms. The van der Waals surface area contributed by atoms with Crippen LogP contribution in [0.4, 0.5) is 13.2 Å². The molecule has 1 aliphatic rings. The zero-order valence-electron chi connectivity index (χ0n) is 16.4. The average Bonchev–Trinajstić information content (AvgIpc) is 2.66. The summed E-state index contributed by atoms with van der Waals surface area (Å²) in [4.78, 5) is 24.7. The molecule has 1 unspecified atom stereocenters. The van der Waals surface area contributed by atoms with Gasteiger partial charge in [0.25, 0.3) is 5.56 Å². The fraction of sp³-hybridized carbons (Fsp3) is 0.381. The van der Waals surface area contributed by atoms with Gasteiger partial charge < -0.3 is 9.84 Å². The highest BCUT2D eigenvalue weighted by Crippen LogP contribution is 2.57. The Morgan fingerprint density at radius 3 is 2.52 bits per heavy atom. The summed E-state index contributed by atoms with van der Waals surface area (Å²) >= 11 is 6.00. The highest BCUT2D eigenvalue weighted by Gasteiger charge is 2.59. The molecule has 0 aliphatic heterocycles. The number of rotatable bonds is 6. The van der Waals surface area contributed by atoms with Crippen LogP contribution in [0, 0.1) is 16.7 Å². The number of pyridine rings is 1. The summed E-state index contributed by atoms with van der Waals surface area (Å²) in [5.41, 5.74) is -2.30. The SMILES string of the molecule is COc1cn(C(CC2(C(F)(F)F)CCC2)C(=O)O)c(=O)cc1-c1cc(Cl)ccc1C#N. The van der Waals surface area contributed by atoms with Crippen LogP contribution >= 0.6 is 11.6 Å². The zero-order valence-corrected chi connectivity index (χ0v) is 17.1. The summed E-state index contributed by atoms with van der Waals surface area (Å²) in [5.74, 6) is -1.52. The second-order valence-corrected chi connectivity index (χ2v) is 7.93. The molecular weight excluding hydrogens is 437 g/mol. The Labute approximate surface area is 180 Å². The maximum atomic E-state index is 13.6. The number of benzene rings is 1. The summed E-state index contributed by atoms with van der Waals surface area (Å²) in [5, 5.41) is 19.3. The molecule has 0 bridgehead atoms. The Morgan fingerprint density at radius 1 is 1.35 bits per heavy atom. The molecule has 1 fully saturated rings. The van der Waals surface area contributed by atoms with Crippen molar-refractivity contribution in [3.05, 3.63) is 51.4 Å². The number of aliphatic carboxylic acids is 1. The summed E-state index contributed by atoms with van der Waals surface area (Å²) in [7, 11) is 1.27. The van der Waals surface area contributed by atoms with E-state index in [9.17, 15) is 33.1 Å². The Balaban J connectivity index is 2.12. The minimum atomic E-state index is -4.57. The van der Waals surface area contributed by atoms with Crippen molar-refractivity contribution < 1.29 is 27.8 Å². The number of carbonyl (C=O) groups is 1. The highest BCUT2D eigenvalue weighted by molar-refractivity contribution is 6.31. The van der Waals surface area contributed by atoms with E-state index in [1.807, 2.05) is 6.07 Å². The van der Waals surface area contributed by atoms with E-state index < -0.39 is 35.6 Å². The fourth-order valence-electron chi connectivity index (χ4n) is 3.86. The third-order valence-corrected chi connectivity index (χ3v) is 6.01. The second kappa shape index (κ2) is 8.27. The van der Waals surface area contributed by atoms with Gasteiger partial charge in [0, 0.05) is 22.2 Å². The maximum Gasteiger partial charge on any atom is 0.394 e. The van der Waals surface area contributed by atoms with Crippen molar-refractivity contribution in [1.82, 2.24) is 4.57 Å². The normalized spacial score (nSPS) is 16.1. The van der Waals surface area contributed by atoms with E-state index in [1.54, 1.807) is 0 Å². The molecule has 0 radical (unpaired) electrons. The molecule has 1 atom stereocenters. The summed E-state index contributed by atoms with van der Waals surface area (Å²) in [6.07, 6.45) is -4.28. The summed E-state index contributed by atoms with van der Waals surface area (Å²) < 4.78 is 46.8. The first-order valence-electron chi connectivity index (χ1n) is 9.33. The third kappa shape index (κ3) is 4.12. The van der Waals surface area contributed by atoms with Crippen LogP contribution in [0.15, 0.2) is 35.3 Å². The van der Waals surface area contributed by atoms with Crippen molar-refractivity contribution in [3.8, 4) is 22.9 Å². The molecule has 1 N–H and O–H groups in total. The highest BCUT2D eigenvalue weighted by atomic mass is 35.5. The molecule has 1 saturated carbocycles. The van der Waals surface area contributed by atoms with E-state index >= 15 is 0 Å². The minimum Gasteiger partial charge on any atom is -0.495 e. The number of carboxylic acids is 1. The first-order chi connectivity index (χ1) is 14.5. The molecule has 3 rings (SSSR count). The maximum absolute atomic E-state index is 13.6. The number of hydrogen-bond donors (Lipinski definition) is 1. The van der Waals surface area contributed by atoms with Crippen LogP contribution in [0.5, 0.6) is 5.75 Å². The zero-order chi connectivity index (χ0) is 23.0. The Morgan fingerprint density at radius 2 is 2.03 bits per heavy atom. The third-order valence-electron chi connectivity index (χ3n) is 5.77. The number of hydrogen-bond acceptors (Lipinski definition) is 4. The smallest absolute Gasteiger partial charge is 0.394 e. The number of halogens is 4. The Hall–Kier alpha value is -2.99. The standard InChI is InChI=1S/C21H18ClF3N2O4/c1-31-17-11-27(16(19(29)30)9-20(5-2-6-20)21(23,24)25)18(28)8-15(17)14-7-13(22)4-3-12(14)10-26/h3-4,7-8,11,16H,2,5-6,9H2,1H3,(H,29,30). The Bertz CT molecular complexity index is 1120. The quantitative estimate of drug-likeness (QED) is 0.677. The number of ether oxygens (including phenoxy) is 1. The predicted octanol–water partition coefficient (Wildman–Crippen LogP) is 4.80. The number of nitrogens with zero attached hydrogens (tertiary/aromatic N) is 2. The van der Waals surface area contributed by atoms with E-state index in [4.69, 9.17) is 16.3 Å². The minimum absolute atomic E-state index is 0.0271. The van der Waals surface area contributed by atoms with Gasteiger partial charge in [-0.1, -0.05) is 18.0 Å². The first-order valence-corrected chi connectivity index (χ1v) is 9.70.